The molecule has 6 nitrogen and oxygen atoms in total. The van der Waals surface area contributed by atoms with Gasteiger partial charge in [-0.1, -0.05) is 221 Å². The fourth-order valence-corrected chi connectivity index (χ4v) is 9.19. The maximum atomic E-state index is 11.2. The fraction of sp³-hybridized carbons (Fsp3) is 0.948. The highest BCUT2D eigenvalue weighted by Gasteiger charge is 2.18. The van der Waals surface area contributed by atoms with Crippen LogP contribution in [0.3, 0.4) is 0 Å². The Morgan fingerprint density at radius 3 is 0.500 bits per heavy atom. The minimum Gasteiger partial charge on any atom is -0.322 e. The van der Waals surface area contributed by atoms with E-state index in [-0.39, 0.29) is 7.43 Å². The van der Waals surface area contributed by atoms with Crippen LogP contribution in [0.1, 0.15) is 280 Å². The summed E-state index contributed by atoms with van der Waals surface area (Å²) in [5, 5.41) is 0. The summed E-state index contributed by atoms with van der Waals surface area (Å²) in [5.74, 6) is 0.913. The molecule has 0 saturated carbocycles. The first-order chi connectivity index (χ1) is 29.9. The summed E-state index contributed by atoms with van der Waals surface area (Å²) in [5.41, 5.74) is 0. The van der Waals surface area contributed by atoms with Gasteiger partial charge in [-0.05, 0) is 38.5 Å². The zero-order chi connectivity index (χ0) is 47.9. The predicted molar refractivity (Wildman–Crippen MR) is 288 cm³/mol. The molecule has 0 fully saturated rings. The van der Waals surface area contributed by atoms with Gasteiger partial charge in [0.2, 0.25) is 0 Å². The van der Waals surface area contributed by atoms with Crippen molar-refractivity contribution in [1.29, 1.82) is 0 Å². The molecule has 0 bridgehead atoms. The van der Waals surface area contributed by atoms with Crippen molar-refractivity contribution in [3.05, 3.63) is 0 Å². The molecular weight excluding hydrogens is 787 g/mol. The Morgan fingerprint density at radius 2 is 0.375 bits per heavy atom. The molecule has 0 N–H and O–H groups in total. The topological polar surface area (TPSA) is 51.2 Å². The number of carbonyl (C=O) groups excluding carboxylic acids is 3. The van der Waals surface area contributed by atoms with Gasteiger partial charge in [-0.25, -0.2) is 0 Å². The number of ketones is 3. The molecule has 0 atom stereocenters. The molecule has 0 heterocycles. The van der Waals surface area contributed by atoms with E-state index in [0.29, 0.717) is 37.0 Å². The second-order valence-electron chi connectivity index (χ2n) is 22.2. The summed E-state index contributed by atoms with van der Waals surface area (Å²) in [6.07, 6.45) is 50.2. The Bertz CT molecular complexity index is 991. The summed E-state index contributed by atoms with van der Waals surface area (Å²) in [6, 6.07) is 0. The summed E-state index contributed by atoms with van der Waals surface area (Å²) in [7, 11) is 13.0. The van der Waals surface area contributed by atoms with E-state index in [1.807, 2.05) is 0 Å². The van der Waals surface area contributed by atoms with Gasteiger partial charge in [-0.2, -0.15) is 0 Å². The lowest BCUT2D eigenvalue weighted by Gasteiger charge is -2.28. The van der Waals surface area contributed by atoms with Crippen LogP contribution in [0.5, 0.6) is 0 Å². The van der Waals surface area contributed by atoms with Crippen LogP contribution in [0.4, 0.5) is 0 Å². The van der Waals surface area contributed by atoms with Crippen molar-refractivity contribution in [3.8, 4) is 0 Å². The number of nitrogens with zero attached hydrogens (tertiary/aromatic N) is 3. The number of likely N-dealkylation sites (N-methyl/N-ethyl adjacent to an activating group) is 3. The second-order valence-corrected chi connectivity index (χ2v) is 22.2. The van der Waals surface area contributed by atoms with Crippen LogP contribution in [-0.2, 0) is 14.4 Å². The zero-order valence-electron chi connectivity index (χ0n) is 45.8. The maximum absolute atomic E-state index is 11.2. The molecule has 0 aromatic rings. The van der Waals surface area contributed by atoms with Crippen molar-refractivity contribution in [2.75, 3.05) is 81.6 Å². The van der Waals surface area contributed by atoms with Crippen molar-refractivity contribution >= 4 is 17.3 Å². The molecule has 0 aliphatic carbocycles. The van der Waals surface area contributed by atoms with E-state index in [9.17, 15) is 14.4 Å². The van der Waals surface area contributed by atoms with E-state index in [2.05, 4.69) is 63.1 Å². The number of Topliss-reactive ketones (excluding diaryl/α,β-unsaturated/α-hetero) is 3. The largest absolute Gasteiger partial charge is 0.322 e. The average Bonchev–Trinajstić information content (AvgIpc) is 3.18. The number of carbonyl (C=O) groups is 3. The summed E-state index contributed by atoms with van der Waals surface area (Å²) in [4.78, 5) is 33.5. The van der Waals surface area contributed by atoms with Gasteiger partial charge in [-0.15, -0.1) is 0 Å². The van der Waals surface area contributed by atoms with Crippen LogP contribution in [0.25, 0.3) is 0 Å². The van der Waals surface area contributed by atoms with Crippen LogP contribution in [0, 0.1) is 0 Å². The predicted octanol–water partition coefficient (Wildman–Crippen LogP) is 16.7. The first-order valence-electron chi connectivity index (χ1n) is 27.9. The minimum atomic E-state index is 0. The standard InChI is InChI=1S/C21H44NO.C19H40NO.C17H36NO.CH4/c1-5-6-7-8-9-10-11-12-13-14-15-16-17-18-19-22(3,4)20-21(2)23;1-5-6-7-8-9-10-11-12-13-14-15-16-17-20(3,4)18-19(2)21;1-5-6-7-8-9-10-11-12-13-14-15-18(3,4)16-17(2)19;/h5-20H2,1-4H3;5-18H2,1-4H3;5-16H2,1-4H3;1H4/q3*+1;. The molecule has 0 rings (SSSR count). The Hall–Kier alpha value is -1.11. The highest BCUT2D eigenvalue weighted by molar-refractivity contribution is 5.77. The third-order valence-corrected chi connectivity index (χ3v) is 12.8. The van der Waals surface area contributed by atoms with E-state index in [4.69, 9.17) is 0 Å². The Balaban J connectivity index is -0.000000421. The lowest BCUT2D eigenvalue weighted by molar-refractivity contribution is -0.882. The summed E-state index contributed by atoms with van der Waals surface area (Å²) in [6.45, 7) is 17.4. The third kappa shape index (κ3) is 63.0. The fourth-order valence-electron chi connectivity index (χ4n) is 9.19. The lowest BCUT2D eigenvalue weighted by Crippen LogP contribution is -2.43. The van der Waals surface area contributed by atoms with E-state index >= 15 is 0 Å². The van der Waals surface area contributed by atoms with Gasteiger partial charge < -0.3 is 13.4 Å². The smallest absolute Gasteiger partial charge is 0.183 e. The molecule has 0 amide bonds. The monoisotopic (exact) mass is 911 g/mol. The zero-order valence-corrected chi connectivity index (χ0v) is 45.8. The summed E-state index contributed by atoms with van der Waals surface area (Å²) < 4.78 is 2.56. The van der Waals surface area contributed by atoms with Crippen molar-refractivity contribution in [1.82, 2.24) is 0 Å². The SMILES string of the molecule is C.CCCCCCCCCCCCCCCC[N+](C)(C)CC(C)=O.CCCCCCCCCCCCCC[N+](C)(C)CC(C)=O.CCCCCCCCCCCC[N+](C)(C)CC(C)=O. The maximum Gasteiger partial charge on any atom is 0.183 e. The molecule has 0 unspecified atom stereocenters. The van der Waals surface area contributed by atoms with Gasteiger partial charge in [0, 0.05) is 20.8 Å². The van der Waals surface area contributed by atoms with Crippen LogP contribution >= 0.6 is 0 Å². The highest BCUT2D eigenvalue weighted by atomic mass is 16.1. The van der Waals surface area contributed by atoms with Gasteiger partial charge in [0.15, 0.2) is 17.3 Å². The Morgan fingerprint density at radius 1 is 0.250 bits per heavy atom. The van der Waals surface area contributed by atoms with E-state index in [1.165, 1.54) is 231 Å². The van der Waals surface area contributed by atoms with Crippen molar-refractivity contribution in [2.24, 2.45) is 0 Å². The number of rotatable bonds is 45. The molecule has 386 valence electrons. The van der Waals surface area contributed by atoms with E-state index in [1.54, 1.807) is 20.8 Å². The van der Waals surface area contributed by atoms with Gasteiger partial charge in [0.25, 0.3) is 0 Å². The van der Waals surface area contributed by atoms with Crippen LogP contribution in [0.15, 0.2) is 0 Å². The normalized spacial score (nSPS) is 11.6. The average molecular weight is 912 g/mol. The van der Waals surface area contributed by atoms with Gasteiger partial charge in [-0.3, -0.25) is 14.4 Å². The van der Waals surface area contributed by atoms with Crippen molar-refractivity contribution in [2.45, 2.75) is 280 Å². The van der Waals surface area contributed by atoms with E-state index in [0.717, 1.165) is 33.1 Å². The van der Waals surface area contributed by atoms with Crippen LogP contribution in [-0.4, -0.2) is 112 Å². The molecule has 64 heavy (non-hydrogen) atoms. The lowest BCUT2D eigenvalue weighted by atomic mass is 10.0. The van der Waals surface area contributed by atoms with E-state index < -0.39 is 0 Å². The number of quaternary nitrogens is 3. The first kappa shape index (κ1) is 69.5. The number of hydrogen-bond donors (Lipinski definition) is 0. The van der Waals surface area contributed by atoms with Crippen LogP contribution in [0.2, 0.25) is 0 Å². The first-order valence-corrected chi connectivity index (χ1v) is 27.9. The van der Waals surface area contributed by atoms with Gasteiger partial charge in [0.05, 0.1) is 61.9 Å². The second kappa shape index (κ2) is 49.8. The molecular formula is C58H124N3O3+3. The highest BCUT2D eigenvalue weighted by Crippen LogP contribution is 2.16. The van der Waals surface area contributed by atoms with Crippen LogP contribution < -0.4 is 0 Å². The van der Waals surface area contributed by atoms with Gasteiger partial charge in [0.1, 0.15) is 19.6 Å². The quantitative estimate of drug-likeness (QED) is 0.0452. The summed E-state index contributed by atoms with van der Waals surface area (Å²) >= 11 is 0. The molecule has 0 aliphatic heterocycles. The molecule has 0 spiro atoms. The Kier molecular flexibility index (Phi) is 54.0. The molecule has 0 radical (unpaired) electrons. The van der Waals surface area contributed by atoms with Gasteiger partial charge >= 0.3 is 0 Å². The molecule has 0 aromatic heterocycles. The molecule has 6 heteroatoms. The number of hydrogen-bond acceptors (Lipinski definition) is 3. The van der Waals surface area contributed by atoms with Crippen molar-refractivity contribution in [3.63, 3.8) is 0 Å². The number of unbranched alkanes of at least 4 members (excludes halogenated alkanes) is 33. The third-order valence-electron chi connectivity index (χ3n) is 12.8. The van der Waals surface area contributed by atoms with Crippen molar-refractivity contribution < 1.29 is 27.8 Å². The molecule has 0 aliphatic rings. The Labute approximate surface area is 405 Å². The molecule has 0 saturated heterocycles. The molecule has 0 aromatic carbocycles. The minimum absolute atomic E-state index is 0.